The van der Waals surface area contributed by atoms with Gasteiger partial charge in [0.2, 0.25) is 0 Å². The summed E-state index contributed by atoms with van der Waals surface area (Å²) in [5.74, 6) is -0.925. The summed E-state index contributed by atoms with van der Waals surface area (Å²) in [7, 11) is 2.59. The normalized spacial score (nSPS) is 11.4. The van der Waals surface area contributed by atoms with Gasteiger partial charge >= 0.3 is 5.97 Å². The van der Waals surface area contributed by atoms with Crippen LogP contribution in [0, 0.1) is 10.1 Å². The van der Waals surface area contributed by atoms with E-state index in [1.54, 1.807) is 18.2 Å². The van der Waals surface area contributed by atoms with Crippen LogP contribution >= 0.6 is 11.6 Å². The van der Waals surface area contributed by atoms with Crippen LogP contribution in [0.3, 0.4) is 0 Å². The Morgan fingerprint density at radius 3 is 2.52 bits per heavy atom. The topological polar surface area (TPSA) is 108 Å². The van der Waals surface area contributed by atoms with E-state index in [0.29, 0.717) is 11.3 Å². The lowest BCUT2D eigenvalue weighted by molar-refractivity contribution is -0.384. The summed E-state index contributed by atoms with van der Waals surface area (Å²) in [5, 5.41) is 13.8. The number of hydrogen-bond donors (Lipinski definition) is 1. The number of non-ortho nitro benzene ring substituents is 1. The maximum absolute atomic E-state index is 12.5. The van der Waals surface area contributed by atoms with E-state index < -0.39 is 22.8 Å². The lowest BCUT2D eigenvalue weighted by atomic mass is 10.0. The molecule has 0 aromatic heterocycles. The van der Waals surface area contributed by atoms with E-state index in [1.807, 2.05) is 0 Å². The highest BCUT2D eigenvalue weighted by Gasteiger charge is 2.25. The summed E-state index contributed by atoms with van der Waals surface area (Å²) in [4.78, 5) is 35.1. The zero-order valence-corrected chi connectivity index (χ0v) is 15.4. The minimum Gasteiger partial charge on any atom is -0.496 e. The van der Waals surface area contributed by atoms with Crippen LogP contribution in [0.25, 0.3) is 0 Å². The SMILES string of the molecule is COC(=O)[C@@H](Cc1cc([N+](=O)[O-])ccc1OC)NC(=O)c1ccccc1Cl. The Hall–Kier alpha value is -3.13. The van der Waals surface area contributed by atoms with Crippen LogP contribution in [0.4, 0.5) is 5.69 Å². The van der Waals surface area contributed by atoms with Crippen molar-refractivity contribution in [3.8, 4) is 5.75 Å². The number of nitro benzene ring substituents is 1. The fourth-order valence-corrected chi connectivity index (χ4v) is 2.70. The van der Waals surface area contributed by atoms with Crippen molar-refractivity contribution in [1.82, 2.24) is 5.32 Å². The second kappa shape index (κ2) is 9.00. The molecule has 2 aromatic carbocycles. The van der Waals surface area contributed by atoms with Crippen LogP contribution in [-0.4, -0.2) is 37.1 Å². The standard InChI is InChI=1S/C18H17ClN2O6/c1-26-16-8-7-12(21(24)25)9-11(16)10-15(18(23)27-2)20-17(22)13-5-3-4-6-14(13)19/h3-9,15H,10H2,1-2H3,(H,20,22)/t15-/m1/s1. The first-order valence-electron chi connectivity index (χ1n) is 7.82. The van der Waals surface area contributed by atoms with Crippen LogP contribution in [0.2, 0.25) is 5.02 Å². The van der Waals surface area contributed by atoms with Crippen LogP contribution in [0.15, 0.2) is 42.5 Å². The van der Waals surface area contributed by atoms with E-state index in [-0.39, 0.29) is 22.7 Å². The number of carbonyl (C=O) groups excluding carboxylic acids is 2. The highest BCUT2D eigenvalue weighted by molar-refractivity contribution is 6.33. The third-order valence-corrected chi connectivity index (χ3v) is 4.14. The van der Waals surface area contributed by atoms with E-state index in [4.69, 9.17) is 21.1 Å². The maximum atomic E-state index is 12.5. The van der Waals surface area contributed by atoms with Gasteiger partial charge in [-0.25, -0.2) is 4.79 Å². The number of nitro groups is 1. The zero-order chi connectivity index (χ0) is 20.0. The highest BCUT2D eigenvalue weighted by Crippen LogP contribution is 2.25. The quantitative estimate of drug-likeness (QED) is 0.441. The Morgan fingerprint density at radius 2 is 1.93 bits per heavy atom. The van der Waals surface area contributed by atoms with Gasteiger partial charge in [0.15, 0.2) is 0 Å². The van der Waals surface area contributed by atoms with Crippen molar-refractivity contribution in [3.05, 3.63) is 68.7 Å². The van der Waals surface area contributed by atoms with Crippen molar-refractivity contribution in [2.45, 2.75) is 12.5 Å². The van der Waals surface area contributed by atoms with Crippen LogP contribution in [0.1, 0.15) is 15.9 Å². The Kier molecular flexibility index (Phi) is 6.73. The predicted octanol–water partition coefficient (Wildman–Crippen LogP) is 2.77. The highest BCUT2D eigenvalue weighted by atomic mass is 35.5. The van der Waals surface area contributed by atoms with Crippen molar-refractivity contribution in [1.29, 1.82) is 0 Å². The summed E-state index contributed by atoms with van der Waals surface area (Å²) < 4.78 is 9.94. The first-order chi connectivity index (χ1) is 12.9. The van der Waals surface area contributed by atoms with Gasteiger partial charge in [0.25, 0.3) is 11.6 Å². The van der Waals surface area contributed by atoms with Crippen molar-refractivity contribution in [2.24, 2.45) is 0 Å². The minimum absolute atomic E-state index is 0.0618. The Balaban J connectivity index is 2.31. The van der Waals surface area contributed by atoms with Crippen molar-refractivity contribution in [3.63, 3.8) is 0 Å². The largest absolute Gasteiger partial charge is 0.496 e. The molecular weight excluding hydrogens is 376 g/mol. The Morgan fingerprint density at radius 1 is 1.22 bits per heavy atom. The average molecular weight is 393 g/mol. The van der Waals surface area contributed by atoms with Gasteiger partial charge in [-0.05, 0) is 18.2 Å². The van der Waals surface area contributed by atoms with Crippen molar-refractivity contribution >= 4 is 29.2 Å². The molecule has 1 atom stereocenters. The van der Waals surface area contributed by atoms with Crippen LogP contribution in [0.5, 0.6) is 5.75 Å². The van der Waals surface area contributed by atoms with Crippen molar-refractivity contribution in [2.75, 3.05) is 14.2 Å². The molecule has 0 heterocycles. The number of rotatable bonds is 7. The molecule has 0 spiro atoms. The third-order valence-electron chi connectivity index (χ3n) is 3.81. The van der Waals surface area contributed by atoms with E-state index in [0.717, 1.165) is 0 Å². The van der Waals surface area contributed by atoms with E-state index in [2.05, 4.69) is 5.32 Å². The molecule has 2 rings (SSSR count). The van der Waals surface area contributed by atoms with Gasteiger partial charge in [-0.15, -0.1) is 0 Å². The first kappa shape index (κ1) is 20.2. The van der Waals surface area contributed by atoms with Gasteiger partial charge in [-0.3, -0.25) is 14.9 Å². The molecule has 0 aliphatic heterocycles. The molecule has 0 saturated heterocycles. The molecule has 0 fully saturated rings. The second-order valence-electron chi connectivity index (χ2n) is 5.49. The molecule has 1 amide bonds. The molecule has 1 N–H and O–H groups in total. The molecule has 2 aromatic rings. The molecule has 142 valence electrons. The van der Waals surface area contributed by atoms with Gasteiger partial charge in [0.1, 0.15) is 11.8 Å². The maximum Gasteiger partial charge on any atom is 0.328 e. The van der Waals surface area contributed by atoms with E-state index >= 15 is 0 Å². The zero-order valence-electron chi connectivity index (χ0n) is 14.6. The Bertz CT molecular complexity index is 871. The summed E-state index contributed by atoms with van der Waals surface area (Å²) in [6.45, 7) is 0. The number of nitrogens with one attached hydrogen (secondary N) is 1. The molecule has 0 bridgehead atoms. The smallest absolute Gasteiger partial charge is 0.328 e. The summed E-state index contributed by atoms with van der Waals surface area (Å²) in [5.41, 5.74) is 0.410. The number of esters is 1. The fraction of sp³-hybridized carbons (Fsp3) is 0.222. The second-order valence-corrected chi connectivity index (χ2v) is 5.89. The molecule has 0 unspecified atom stereocenters. The van der Waals surface area contributed by atoms with Gasteiger partial charge in [-0.2, -0.15) is 0 Å². The molecule has 0 aliphatic rings. The van der Waals surface area contributed by atoms with Crippen LogP contribution < -0.4 is 10.1 Å². The molecule has 0 saturated carbocycles. The van der Waals surface area contributed by atoms with E-state index in [1.165, 1.54) is 38.5 Å². The summed E-state index contributed by atoms with van der Waals surface area (Å²) >= 11 is 6.01. The van der Waals surface area contributed by atoms with E-state index in [9.17, 15) is 19.7 Å². The Labute approximate surface area is 160 Å². The minimum atomic E-state index is -1.09. The first-order valence-corrected chi connectivity index (χ1v) is 8.19. The third kappa shape index (κ3) is 4.95. The lowest BCUT2D eigenvalue weighted by Gasteiger charge is -2.18. The predicted molar refractivity (Wildman–Crippen MR) is 98.1 cm³/mol. The number of halogens is 1. The number of methoxy groups -OCH3 is 2. The number of benzene rings is 2. The summed E-state index contributed by atoms with van der Waals surface area (Å²) in [6, 6.07) is 9.29. The molecule has 27 heavy (non-hydrogen) atoms. The molecule has 9 heteroatoms. The van der Waals surface area contributed by atoms with Crippen LogP contribution in [-0.2, 0) is 16.0 Å². The molecular formula is C18H17ClN2O6. The average Bonchev–Trinajstić information content (AvgIpc) is 2.66. The van der Waals surface area contributed by atoms with Gasteiger partial charge < -0.3 is 14.8 Å². The fourth-order valence-electron chi connectivity index (χ4n) is 2.47. The summed E-state index contributed by atoms with van der Waals surface area (Å²) in [6.07, 6.45) is -0.0618. The lowest BCUT2D eigenvalue weighted by Crippen LogP contribution is -2.43. The number of nitrogens with zero attached hydrogens (tertiary/aromatic N) is 1. The number of hydrogen-bond acceptors (Lipinski definition) is 6. The van der Waals surface area contributed by atoms with Gasteiger partial charge in [0.05, 0.1) is 29.7 Å². The number of ether oxygens (including phenoxy) is 2. The van der Waals surface area contributed by atoms with Gasteiger partial charge in [0, 0.05) is 24.1 Å². The molecule has 0 radical (unpaired) electrons. The molecule has 8 nitrogen and oxygen atoms in total. The number of carbonyl (C=O) groups is 2. The van der Waals surface area contributed by atoms with Gasteiger partial charge in [-0.1, -0.05) is 23.7 Å². The van der Waals surface area contributed by atoms with Crippen molar-refractivity contribution < 1.29 is 24.0 Å². The monoisotopic (exact) mass is 392 g/mol. The molecule has 0 aliphatic carbocycles. The number of amides is 1.